The molecule has 0 aromatic heterocycles. The van der Waals surface area contributed by atoms with Crippen LogP contribution in [0.15, 0.2) is 24.3 Å². The average Bonchev–Trinajstić information content (AvgIpc) is 2.30. The van der Waals surface area contributed by atoms with E-state index in [4.69, 9.17) is 9.84 Å². The van der Waals surface area contributed by atoms with Gasteiger partial charge in [-0.3, -0.25) is 0 Å². The molecule has 0 radical (unpaired) electrons. The summed E-state index contributed by atoms with van der Waals surface area (Å²) in [6.45, 7) is 3.10. The Morgan fingerprint density at radius 2 is 1.94 bits per heavy atom. The maximum atomic E-state index is 8.50. The molecule has 1 rings (SSSR count). The van der Waals surface area contributed by atoms with Crippen LogP contribution in [-0.4, -0.2) is 31.5 Å². The van der Waals surface area contributed by atoms with E-state index in [2.05, 4.69) is 52.2 Å². The lowest BCUT2D eigenvalue weighted by Gasteiger charge is -2.05. The lowest BCUT2D eigenvalue weighted by Crippen LogP contribution is -2.16. The Balaban J connectivity index is 2.01. The third-order valence-electron chi connectivity index (χ3n) is 2.12. The first-order valence-corrected chi connectivity index (χ1v) is 6.54. The minimum Gasteiger partial charge on any atom is -0.394 e. The molecule has 0 aliphatic carbocycles. The van der Waals surface area contributed by atoms with Gasteiger partial charge in [0.05, 0.1) is 13.2 Å². The van der Waals surface area contributed by atoms with Crippen molar-refractivity contribution in [2.45, 2.75) is 13.0 Å². The van der Waals surface area contributed by atoms with Gasteiger partial charge in [0.25, 0.3) is 0 Å². The van der Waals surface area contributed by atoms with E-state index in [9.17, 15) is 0 Å². The van der Waals surface area contributed by atoms with Gasteiger partial charge >= 0.3 is 0 Å². The van der Waals surface area contributed by atoms with Crippen molar-refractivity contribution in [3.63, 3.8) is 0 Å². The molecule has 0 saturated carbocycles. The molecule has 4 heteroatoms. The third-order valence-corrected chi connectivity index (χ3v) is 2.84. The monoisotopic (exact) mass is 335 g/mol. The summed E-state index contributed by atoms with van der Waals surface area (Å²) in [6, 6.07) is 8.50. The van der Waals surface area contributed by atoms with E-state index in [1.807, 2.05) is 0 Å². The topological polar surface area (TPSA) is 41.5 Å². The first kappa shape index (κ1) is 13.9. The van der Waals surface area contributed by atoms with E-state index in [1.54, 1.807) is 0 Å². The number of aliphatic hydroxyl groups excluding tert-OH is 1. The minimum atomic E-state index is 0.107. The van der Waals surface area contributed by atoms with Crippen LogP contribution in [0.3, 0.4) is 0 Å². The van der Waals surface area contributed by atoms with Gasteiger partial charge in [-0.1, -0.05) is 12.1 Å². The summed E-state index contributed by atoms with van der Waals surface area (Å²) in [4.78, 5) is 0. The molecule has 0 unspecified atom stereocenters. The standard InChI is InChI=1S/C12H18INO2/c13-12-4-2-11(3-5-12)10-14-6-1-8-16-9-7-15/h2-5,14-15H,1,6-10H2. The summed E-state index contributed by atoms with van der Waals surface area (Å²) in [5, 5.41) is 11.9. The summed E-state index contributed by atoms with van der Waals surface area (Å²) in [5.41, 5.74) is 1.30. The smallest absolute Gasteiger partial charge is 0.0697 e. The Morgan fingerprint density at radius 3 is 2.62 bits per heavy atom. The summed E-state index contributed by atoms with van der Waals surface area (Å²) >= 11 is 2.30. The van der Waals surface area contributed by atoms with Crippen LogP contribution in [0.5, 0.6) is 0 Å². The van der Waals surface area contributed by atoms with Gasteiger partial charge in [-0.25, -0.2) is 0 Å². The fourth-order valence-electron chi connectivity index (χ4n) is 1.30. The number of halogens is 1. The highest BCUT2D eigenvalue weighted by Crippen LogP contribution is 2.06. The zero-order valence-electron chi connectivity index (χ0n) is 9.29. The van der Waals surface area contributed by atoms with Gasteiger partial charge in [0.2, 0.25) is 0 Å². The van der Waals surface area contributed by atoms with Crippen molar-refractivity contribution in [3.05, 3.63) is 33.4 Å². The van der Waals surface area contributed by atoms with Crippen LogP contribution in [0, 0.1) is 3.57 Å². The quantitative estimate of drug-likeness (QED) is 0.562. The van der Waals surface area contributed by atoms with Gasteiger partial charge in [-0.2, -0.15) is 0 Å². The van der Waals surface area contributed by atoms with Crippen molar-refractivity contribution in [2.75, 3.05) is 26.4 Å². The second-order valence-electron chi connectivity index (χ2n) is 3.49. The second kappa shape index (κ2) is 8.92. The van der Waals surface area contributed by atoms with Crippen LogP contribution < -0.4 is 5.32 Å². The number of benzene rings is 1. The van der Waals surface area contributed by atoms with Gasteiger partial charge in [-0.05, 0) is 53.3 Å². The van der Waals surface area contributed by atoms with Gasteiger partial charge < -0.3 is 15.2 Å². The van der Waals surface area contributed by atoms with E-state index in [0.29, 0.717) is 13.2 Å². The Bertz CT molecular complexity index is 277. The Hall–Kier alpha value is -0.170. The number of rotatable bonds is 8. The zero-order valence-corrected chi connectivity index (χ0v) is 11.4. The lowest BCUT2D eigenvalue weighted by atomic mass is 10.2. The zero-order chi connectivity index (χ0) is 11.6. The Labute approximate surface area is 110 Å². The summed E-state index contributed by atoms with van der Waals surface area (Å²) in [6.07, 6.45) is 0.977. The SMILES string of the molecule is OCCOCCCNCc1ccc(I)cc1. The molecule has 1 aromatic carbocycles. The van der Waals surface area contributed by atoms with Crippen molar-refractivity contribution in [1.82, 2.24) is 5.32 Å². The van der Waals surface area contributed by atoms with E-state index in [-0.39, 0.29) is 6.61 Å². The normalized spacial score (nSPS) is 10.6. The second-order valence-corrected chi connectivity index (χ2v) is 4.74. The number of aliphatic hydroxyl groups is 1. The molecule has 0 aliphatic heterocycles. The maximum absolute atomic E-state index is 8.50. The van der Waals surface area contributed by atoms with Gasteiger partial charge in [0, 0.05) is 16.7 Å². The largest absolute Gasteiger partial charge is 0.394 e. The highest BCUT2D eigenvalue weighted by molar-refractivity contribution is 14.1. The van der Waals surface area contributed by atoms with Crippen LogP contribution in [0.2, 0.25) is 0 Å². The van der Waals surface area contributed by atoms with Crippen molar-refractivity contribution in [2.24, 2.45) is 0 Å². The highest BCUT2D eigenvalue weighted by Gasteiger charge is 1.93. The van der Waals surface area contributed by atoms with E-state index < -0.39 is 0 Å². The molecule has 1 aromatic rings. The lowest BCUT2D eigenvalue weighted by molar-refractivity contribution is 0.0907. The first-order valence-electron chi connectivity index (χ1n) is 5.46. The molecule has 0 aliphatic rings. The molecule has 0 saturated heterocycles. The fourth-order valence-corrected chi connectivity index (χ4v) is 1.66. The van der Waals surface area contributed by atoms with Crippen LogP contribution in [0.4, 0.5) is 0 Å². The molecule has 0 bridgehead atoms. The molecule has 0 fully saturated rings. The Kier molecular flexibility index (Phi) is 7.75. The summed E-state index contributed by atoms with van der Waals surface area (Å²) < 4.78 is 6.42. The summed E-state index contributed by atoms with van der Waals surface area (Å²) in [7, 11) is 0. The van der Waals surface area contributed by atoms with Crippen molar-refractivity contribution in [1.29, 1.82) is 0 Å². The minimum absolute atomic E-state index is 0.107. The van der Waals surface area contributed by atoms with E-state index >= 15 is 0 Å². The number of hydrogen-bond donors (Lipinski definition) is 2. The predicted octanol–water partition coefficient (Wildman–Crippen LogP) is 1.78. The third kappa shape index (κ3) is 6.42. The van der Waals surface area contributed by atoms with Crippen LogP contribution in [0.25, 0.3) is 0 Å². The van der Waals surface area contributed by atoms with Gasteiger partial charge in [0.15, 0.2) is 0 Å². The molecular weight excluding hydrogens is 317 g/mol. The Morgan fingerprint density at radius 1 is 1.19 bits per heavy atom. The molecule has 0 spiro atoms. The summed E-state index contributed by atoms with van der Waals surface area (Å²) in [5.74, 6) is 0. The van der Waals surface area contributed by atoms with Crippen molar-refractivity contribution >= 4 is 22.6 Å². The van der Waals surface area contributed by atoms with Crippen molar-refractivity contribution < 1.29 is 9.84 Å². The van der Waals surface area contributed by atoms with Crippen LogP contribution in [0.1, 0.15) is 12.0 Å². The first-order chi connectivity index (χ1) is 7.83. The molecule has 0 atom stereocenters. The van der Waals surface area contributed by atoms with E-state index in [1.165, 1.54) is 9.13 Å². The molecule has 0 amide bonds. The number of nitrogens with one attached hydrogen (secondary N) is 1. The number of hydrogen-bond acceptors (Lipinski definition) is 3. The molecule has 16 heavy (non-hydrogen) atoms. The van der Waals surface area contributed by atoms with Crippen molar-refractivity contribution in [3.8, 4) is 0 Å². The highest BCUT2D eigenvalue weighted by atomic mass is 127. The average molecular weight is 335 g/mol. The van der Waals surface area contributed by atoms with Gasteiger partial charge in [0.1, 0.15) is 0 Å². The number of ether oxygens (including phenoxy) is 1. The van der Waals surface area contributed by atoms with E-state index in [0.717, 1.165) is 19.5 Å². The molecular formula is C12H18INO2. The van der Waals surface area contributed by atoms with Crippen LogP contribution >= 0.6 is 22.6 Å². The molecule has 0 heterocycles. The predicted molar refractivity (Wildman–Crippen MR) is 73.4 cm³/mol. The van der Waals surface area contributed by atoms with Gasteiger partial charge in [-0.15, -0.1) is 0 Å². The molecule has 3 nitrogen and oxygen atoms in total. The maximum Gasteiger partial charge on any atom is 0.0697 e. The van der Waals surface area contributed by atoms with Crippen LogP contribution in [-0.2, 0) is 11.3 Å². The molecule has 2 N–H and O–H groups in total. The fraction of sp³-hybridized carbons (Fsp3) is 0.500. The molecule has 90 valence electrons.